The van der Waals surface area contributed by atoms with E-state index in [9.17, 15) is 4.79 Å². The van der Waals surface area contributed by atoms with Crippen molar-refractivity contribution >= 4 is 5.91 Å². The lowest BCUT2D eigenvalue weighted by molar-refractivity contribution is 0.0773. The Kier molecular flexibility index (Phi) is 3.04. The van der Waals surface area contributed by atoms with Crippen molar-refractivity contribution in [3.8, 4) is 0 Å². The van der Waals surface area contributed by atoms with Crippen molar-refractivity contribution in [1.29, 1.82) is 0 Å². The Morgan fingerprint density at radius 1 is 1.45 bits per heavy atom. The Bertz CT molecular complexity index is 621. The molecule has 0 bridgehead atoms. The zero-order valence-electron chi connectivity index (χ0n) is 11.8. The third-order valence-corrected chi connectivity index (χ3v) is 3.58. The zero-order valence-corrected chi connectivity index (χ0v) is 11.8. The Morgan fingerprint density at radius 2 is 2.20 bits per heavy atom. The highest BCUT2D eigenvalue weighted by atomic mass is 16.5. The van der Waals surface area contributed by atoms with Gasteiger partial charge in [0.05, 0.1) is 12.2 Å². The molecule has 1 saturated carbocycles. The number of rotatable bonds is 4. The second-order valence-corrected chi connectivity index (χ2v) is 5.28. The Labute approximate surface area is 116 Å². The SMILES string of the molecule is Cc1noc(C)c1CN(C)C(=O)c1n[nH]c(C2CC2)n1. The summed E-state index contributed by atoms with van der Waals surface area (Å²) in [5.41, 5.74) is 1.73. The summed E-state index contributed by atoms with van der Waals surface area (Å²) < 4.78 is 5.10. The molecule has 0 spiro atoms. The van der Waals surface area contributed by atoms with Crippen LogP contribution < -0.4 is 0 Å². The maximum absolute atomic E-state index is 12.3. The molecule has 0 aliphatic heterocycles. The molecule has 2 aromatic heterocycles. The fraction of sp³-hybridized carbons (Fsp3) is 0.538. The summed E-state index contributed by atoms with van der Waals surface area (Å²) in [4.78, 5) is 18.1. The average molecular weight is 275 g/mol. The van der Waals surface area contributed by atoms with Gasteiger partial charge >= 0.3 is 0 Å². The van der Waals surface area contributed by atoms with Gasteiger partial charge in [0.1, 0.15) is 11.6 Å². The van der Waals surface area contributed by atoms with E-state index in [0.29, 0.717) is 12.5 Å². The van der Waals surface area contributed by atoms with Gasteiger partial charge < -0.3 is 9.42 Å². The van der Waals surface area contributed by atoms with E-state index in [-0.39, 0.29) is 11.7 Å². The third kappa shape index (κ3) is 2.31. The van der Waals surface area contributed by atoms with Gasteiger partial charge in [-0.3, -0.25) is 9.89 Å². The molecule has 0 atom stereocenters. The summed E-state index contributed by atoms with van der Waals surface area (Å²) in [6, 6.07) is 0. The van der Waals surface area contributed by atoms with Gasteiger partial charge in [0, 0.05) is 18.5 Å². The van der Waals surface area contributed by atoms with Crippen LogP contribution in [-0.2, 0) is 6.54 Å². The number of aromatic nitrogens is 4. The molecular weight excluding hydrogens is 258 g/mol. The number of amides is 1. The highest BCUT2D eigenvalue weighted by molar-refractivity contribution is 5.90. The maximum Gasteiger partial charge on any atom is 0.293 e. The first-order valence-electron chi connectivity index (χ1n) is 6.65. The zero-order chi connectivity index (χ0) is 14.3. The molecule has 2 heterocycles. The minimum atomic E-state index is -0.201. The molecule has 1 amide bonds. The van der Waals surface area contributed by atoms with E-state index < -0.39 is 0 Å². The number of aromatic amines is 1. The summed E-state index contributed by atoms with van der Waals surface area (Å²) in [6.07, 6.45) is 2.25. The topological polar surface area (TPSA) is 87.9 Å². The van der Waals surface area contributed by atoms with Crippen molar-refractivity contribution in [2.45, 2.75) is 39.2 Å². The number of nitrogens with zero attached hydrogens (tertiary/aromatic N) is 4. The molecule has 1 aliphatic carbocycles. The monoisotopic (exact) mass is 275 g/mol. The largest absolute Gasteiger partial charge is 0.361 e. The highest BCUT2D eigenvalue weighted by Crippen LogP contribution is 2.37. The number of aryl methyl sites for hydroxylation is 2. The van der Waals surface area contributed by atoms with Crippen LogP contribution in [0.15, 0.2) is 4.52 Å². The standard InChI is InChI=1S/C13H17N5O2/c1-7-10(8(2)20-17-7)6-18(3)13(19)12-14-11(15-16-12)9-4-5-9/h9H,4-6H2,1-3H3,(H,14,15,16). The van der Waals surface area contributed by atoms with Gasteiger partial charge in [0.15, 0.2) is 0 Å². The predicted octanol–water partition coefficient (Wildman–Crippen LogP) is 1.56. The Balaban J connectivity index is 1.72. The van der Waals surface area contributed by atoms with E-state index in [4.69, 9.17) is 4.52 Å². The van der Waals surface area contributed by atoms with E-state index in [1.165, 1.54) is 0 Å². The van der Waals surface area contributed by atoms with Gasteiger partial charge in [-0.25, -0.2) is 4.98 Å². The second-order valence-electron chi connectivity index (χ2n) is 5.28. The molecule has 1 N–H and O–H groups in total. The van der Waals surface area contributed by atoms with Gasteiger partial charge in [0.25, 0.3) is 5.91 Å². The van der Waals surface area contributed by atoms with Crippen molar-refractivity contribution in [3.05, 3.63) is 28.7 Å². The van der Waals surface area contributed by atoms with Gasteiger partial charge in [-0.2, -0.15) is 0 Å². The van der Waals surface area contributed by atoms with E-state index >= 15 is 0 Å². The highest BCUT2D eigenvalue weighted by Gasteiger charge is 2.29. The smallest absolute Gasteiger partial charge is 0.293 e. The van der Waals surface area contributed by atoms with Crippen molar-refractivity contribution in [2.24, 2.45) is 0 Å². The first kappa shape index (κ1) is 12.8. The van der Waals surface area contributed by atoms with Crippen LogP contribution in [0.4, 0.5) is 0 Å². The average Bonchev–Trinajstić information content (AvgIpc) is 3.09. The number of nitrogens with one attached hydrogen (secondary N) is 1. The van der Waals surface area contributed by atoms with Crippen LogP contribution in [-0.4, -0.2) is 38.2 Å². The lowest BCUT2D eigenvalue weighted by Crippen LogP contribution is -2.27. The van der Waals surface area contributed by atoms with E-state index in [2.05, 4.69) is 20.3 Å². The van der Waals surface area contributed by atoms with E-state index in [1.54, 1.807) is 11.9 Å². The molecule has 3 rings (SSSR count). The van der Waals surface area contributed by atoms with Crippen LogP contribution >= 0.6 is 0 Å². The predicted molar refractivity (Wildman–Crippen MR) is 70.1 cm³/mol. The summed E-state index contributed by atoms with van der Waals surface area (Å²) >= 11 is 0. The molecule has 0 radical (unpaired) electrons. The van der Waals surface area contributed by atoms with Crippen molar-refractivity contribution in [2.75, 3.05) is 7.05 Å². The first-order valence-corrected chi connectivity index (χ1v) is 6.65. The summed E-state index contributed by atoms with van der Waals surface area (Å²) in [6.45, 7) is 4.14. The Morgan fingerprint density at radius 3 is 2.80 bits per heavy atom. The van der Waals surface area contributed by atoms with Crippen molar-refractivity contribution in [1.82, 2.24) is 25.2 Å². The van der Waals surface area contributed by atoms with Crippen LogP contribution in [0.3, 0.4) is 0 Å². The first-order chi connectivity index (χ1) is 9.56. The molecule has 7 heteroatoms. The number of carbonyl (C=O) groups is 1. The molecule has 0 aromatic carbocycles. The van der Waals surface area contributed by atoms with E-state index in [0.717, 1.165) is 35.7 Å². The Hall–Kier alpha value is -2.18. The molecule has 0 unspecified atom stereocenters. The maximum atomic E-state index is 12.3. The fourth-order valence-electron chi connectivity index (χ4n) is 2.12. The summed E-state index contributed by atoms with van der Waals surface area (Å²) in [5.74, 6) is 2.03. The molecule has 7 nitrogen and oxygen atoms in total. The molecule has 1 fully saturated rings. The summed E-state index contributed by atoms with van der Waals surface area (Å²) in [5, 5.41) is 10.7. The minimum Gasteiger partial charge on any atom is -0.361 e. The lowest BCUT2D eigenvalue weighted by Gasteiger charge is -2.14. The number of hydrogen-bond donors (Lipinski definition) is 1. The van der Waals surface area contributed by atoms with Crippen LogP contribution in [0.5, 0.6) is 0 Å². The minimum absolute atomic E-state index is 0.201. The van der Waals surface area contributed by atoms with Crippen LogP contribution in [0.2, 0.25) is 0 Å². The van der Waals surface area contributed by atoms with Crippen LogP contribution in [0, 0.1) is 13.8 Å². The fourth-order valence-corrected chi connectivity index (χ4v) is 2.12. The normalized spacial score (nSPS) is 14.6. The van der Waals surface area contributed by atoms with Crippen LogP contribution in [0.1, 0.15) is 52.2 Å². The van der Waals surface area contributed by atoms with Crippen molar-refractivity contribution < 1.29 is 9.32 Å². The van der Waals surface area contributed by atoms with Crippen molar-refractivity contribution in [3.63, 3.8) is 0 Å². The molecule has 106 valence electrons. The van der Waals surface area contributed by atoms with Crippen LogP contribution in [0.25, 0.3) is 0 Å². The quantitative estimate of drug-likeness (QED) is 0.914. The molecule has 20 heavy (non-hydrogen) atoms. The number of hydrogen-bond acceptors (Lipinski definition) is 5. The molecule has 0 saturated heterocycles. The van der Waals surface area contributed by atoms with Gasteiger partial charge in [-0.05, 0) is 26.7 Å². The summed E-state index contributed by atoms with van der Waals surface area (Å²) in [7, 11) is 1.72. The lowest BCUT2D eigenvalue weighted by atomic mass is 10.2. The molecule has 2 aromatic rings. The molecular formula is C13H17N5O2. The third-order valence-electron chi connectivity index (χ3n) is 3.58. The van der Waals surface area contributed by atoms with E-state index in [1.807, 2.05) is 13.8 Å². The second kappa shape index (κ2) is 4.73. The van der Waals surface area contributed by atoms with Gasteiger partial charge in [-0.15, -0.1) is 5.10 Å². The molecule has 1 aliphatic rings. The number of H-pyrrole nitrogens is 1. The van der Waals surface area contributed by atoms with Gasteiger partial charge in [-0.1, -0.05) is 5.16 Å². The van der Waals surface area contributed by atoms with Gasteiger partial charge in [0.2, 0.25) is 5.82 Å². The number of carbonyl (C=O) groups excluding carboxylic acids is 1.